The average molecular weight is 308 g/mol. The Morgan fingerprint density at radius 1 is 0.909 bits per heavy atom. The van der Waals surface area contributed by atoms with Crippen molar-refractivity contribution in [2.24, 2.45) is 4.99 Å². The molecular weight excluding hydrogens is 270 g/mol. The predicted octanol–water partition coefficient (Wildman–Crippen LogP) is 6.45. The Labute approximate surface area is 138 Å². The van der Waals surface area contributed by atoms with E-state index in [9.17, 15) is 0 Å². The van der Waals surface area contributed by atoms with Gasteiger partial charge in [0.25, 0.3) is 0 Å². The zero-order valence-corrected chi connectivity index (χ0v) is 15.2. The van der Waals surface area contributed by atoms with Gasteiger partial charge in [0.05, 0.1) is 5.54 Å². The van der Waals surface area contributed by atoms with Gasteiger partial charge in [-0.15, -0.1) is 0 Å². The van der Waals surface area contributed by atoms with Crippen molar-refractivity contribution in [2.45, 2.75) is 103 Å². The van der Waals surface area contributed by atoms with Gasteiger partial charge >= 0.3 is 0 Å². The number of rotatable bonds is 13. The van der Waals surface area contributed by atoms with E-state index in [2.05, 4.69) is 37.9 Å². The fourth-order valence-electron chi connectivity index (χ4n) is 2.78. The second-order valence-electron chi connectivity index (χ2n) is 7.23. The smallest absolute Gasteiger partial charge is 0.183 e. The normalized spacial score (nSPS) is 17.0. The summed E-state index contributed by atoms with van der Waals surface area (Å²) in [6.45, 7) is 7.30. The van der Waals surface area contributed by atoms with Crippen LogP contribution in [0.4, 0.5) is 0 Å². The first kappa shape index (κ1) is 19.3. The third kappa shape index (κ3) is 10.0. The highest BCUT2D eigenvalue weighted by Gasteiger charge is 2.25. The summed E-state index contributed by atoms with van der Waals surface area (Å²) in [5.41, 5.74) is 0.0121. The van der Waals surface area contributed by atoms with Gasteiger partial charge < -0.3 is 4.74 Å². The first-order valence-corrected chi connectivity index (χ1v) is 9.50. The lowest BCUT2D eigenvalue weighted by Gasteiger charge is -2.07. The molecule has 0 aromatic rings. The van der Waals surface area contributed by atoms with Crippen LogP contribution in [0.2, 0.25) is 0 Å². The highest BCUT2D eigenvalue weighted by Crippen LogP contribution is 2.19. The van der Waals surface area contributed by atoms with Crippen molar-refractivity contribution in [3.05, 3.63) is 12.2 Å². The van der Waals surface area contributed by atoms with Gasteiger partial charge in [0.1, 0.15) is 6.61 Å². The molecule has 0 saturated carbocycles. The van der Waals surface area contributed by atoms with Crippen molar-refractivity contribution < 1.29 is 4.74 Å². The summed E-state index contributed by atoms with van der Waals surface area (Å²) < 4.78 is 5.62. The second-order valence-corrected chi connectivity index (χ2v) is 7.23. The maximum absolute atomic E-state index is 5.62. The Morgan fingerprint density at radius 3 is 2.09 bits per heavy atom. The Bertz CT molecular complexity index is 331. The average Bonchev–Trinajstić information content (AvgIpc) is 2.83. The summed E-state index contributed by atoms with van der Waals surface area (Å²) >= 11 is 0. The first-order chi connectivity index (χ1) is 10.6. The molecule has 0 aliphatic carbocycles. The molecule has 0 saturated heterocycles. The molecule has 1 rings (SSSR count). The van der Waals surface area contributed by atoms with Gasteiger partial charge in [-0.2, -0.15) is 0 Å². The van der Waals surface area contributed by atoms with Gasteiger partial charge in [-0.25, -0.2) is 4.99 Å². The SMILES string of the molecule is CCCCCC/C=C/CCCCCCCC1=NC(C)(C)CO1. The summed E-state index contributed by atoms with van der Waals surface area (Å²) in [5, 5.41) is 0. The summed E-state index contributed by atoms with van der Waals surface area (Å²) in [4.78, 5) is 4.60. The minimum atomic E-state index is 0.0121. The van der Waals surface area contributed by atoms with E-state index >= 15 is 0 Å². The van der Waals surface area contributed by atoms with E-state index in [4.69, 9.17) is 4.74 Å². The summed E-state index contributed by atoms with van der Waals surface area (Å²) in [5.74, 6) is 0.982. The molecule has 0 fully saturated rings. The highest BCUT2D eigenvalue weighted by atomic mass is 16.5. The summed E-state index contributed by atoms with van der Waals surface area (Å²) in [6.07, 6.45) is 20.4. The molecule has 1 aliphatic heterocycles. The minimum Gasteiger partial charge on any atom is -0.478 e. The van der Waals surface area contributed by atoms with Gasteiger partial charge in [0, 0.05) is 6.42 Å². The van der Waals surface area contributed by atoms with Crippen LogP contribution in [0.15, 0.2) is 17.1 Å². The number of hydrogen-bond donors (Lipinski definition) is 0. The molecule has 2 nitrogen and oxygen atoms in total. The van der Waals surface area contributed by atoms with Crippen LogP contribution >= 0.6 is 0 Å². The molecule has 22 heavy (non-hydrogen) atoms. The van der Waals surface area contributed by atoms with Crippen LogP contribution in [0.1, 0.15) is 97.8 Å². The van der Waals surface area contributed by atoms with Crippen LogP contribution < -0.4 is 0 Å². The lowest BCUT2D eigenvalue weighted by atomic mass is 10.1. The van der Waals surface area contributed by atoms with Crippen molar-refractivity contribution >= 4 is 5.90 Å². The molecule has 0 radical (unpaired) electrons. The van der Waals surface area contributed by atoms with Crippen molar-refractivity contribution in [1.82, 2.24) is 0 Å². The van der Waals surface area contributed by atoms with E-state index in [0.717, 1.165) is 18.9 Å². The maximum Gasteiger partial charge on any atom is 0.183 e. The van der Waals surface area contributed by atoms with Crippen molar-refractivity contribution in [3.8, 4) is 0 Å². The molecule has 0 aromatic carbocycles. The summed E-state index contributed by atoms with van der Waals surface area (Å²) in [6, 6.07) is 0. The number of ether oxygens (including phenoxy) is 1. The van der Waals surface area contributed by atoms with Gasteiger partial charge in [0.2, 0.25) is 0 Å². The number of unbranched alkanes of at least 4 members (excludes halogenated alkanes) is 9. The van der Waals surface area contributed by atoms with Crippen molar-refractivity contribution in [2.75, 3.05) is 6.61 Å². The van der Waals surface area contributed by atoms with Gasteiger partial charge in [0.15, 0.2) is 5.90 Å². The Kier molecular flexibility index (Phi) is 10.3. The minimum absolute atomic E-state index is 0.0121. The standard InChI is InChI=1S/C20H37NO/c1-4-5-6-7-8-9-10-11-12-13-14-15-16-17-19-21-20(2,3)18-22-19/h9-10H,4-8,11-18H2,1-3H3/b10-9+. The molecule has 0 N–H and O–H groups in total. The molecule has 0 aromatic heterocycles. The van der Waals surface area contributed by atoms with Crippen LogP contribution in [0, 0.1) is 0 Å². The second kappa shape index (κ2) is 11.7. The lowest BCUT2D eigenvalue weighted by molar-refractivity contribution is 0.273. The first-order valence-electron chi connectivity index (χ1n) is 9.50. The summed E-state index contributed by atoms with van der Waals surface area (Å²) in [7, 11) is 0. The molecule has 0 spiro atoms. The molecule has 0 unspecified atom stereocenters. The molecule has 128 valence electrons. The molecule has 0 atom stereocenters. The number of hydrogen-bond acceptors (Lipinski definition) is 2. The van der Waals surface area contributed by atoms with Crippen molar-refractivity contribution in [3.63, 3.8) is 0 Å². The van der Waals surface area contributed by atoms with Gasteiger partial charge in [-0.1, -0.05) is 57.6 Å². The van der Waals surface area contributed by atoms with Crippen LogP contribution in [0.5, 0.6) is 0 Å². The number of nitrogens with zero attached hydrogens (tertiary/aromatic N) is 1. The van der Waals surface area contributed by atoms with Crippen LogP contribution in [-0.2, 0) is 4.74 Å². The highest BCUT2D eigenvalue weighted by molar-refractivity contribution is 5.78. The topological polar surface area (TPSA) is 21.6 Å². The maximum atomic E-state index is 5.62. The third-order valence-corrected chi connectivity index (χ3v) is 4.17. The van der Waals surface area contributed by atoms with Gasteiger partial charge in [-0.05, 0) is 46.0 Å². The molecule has 2 heteroatoms. The Hall–Kier alpha value is -0.790. The molecule has 1 aliphatic rings. The zero-order chi connectivity index (χ0) is 16.1. The quantitative estimate of drug-likeness (QED) is 0.283. The van der Waals surface area contributed by atoms with E-state index < -0.39 is 0 Å². The van der Waals surface area contributed by atoms with Crippen LogP contribution in [0.25, 0.3) is 0 Å². The van der Waals surface area contributed by atoms with Crippen molar-refractivity contribution in [1.29, 1.82) is 0 Å². The van der Waals surface area contributed by atoms with E-state index in [-0.39, 0.29) is 5.54 Å². The van der Waals surface area contributed by atoms with E-state index in [0.29, 0.717) is 0 Å². The lowest BCUT2D eigenvalue weighted by Crippen LogP contribution is -2.17. The molecular formula is C20H37NO. The zero-order valence-electron chi connectivity index (χ0n) is 15.2. The van der Waals surface area contributed by atoms with E-state index in [1.54, 1.807) is 0 Å². The molecule has 0 amide bonds. The van der Waals surface area contributed by atoms with Crippen LogP contribution in [-0.4, -0.2) is 18.0 Å². The molecule has 1 heterocycles. The van der Waals surface area contributed by atoms with Crippen LogP contribution in [0.3, 0.4) is 0 Å². The predicted molar refractivity (Wildman–Crippen MR) is 97.7 cm³/mol. The van der Waals surface area contributed by atoms with E-state index in [1.165, 1.54) is 70.6 Å². The Balaban J connectivity index is 1.83. The van der Waals surface area contributed by atoms with E-state index in [1.807, 2.05) is 0 Å². The monoisotopic (exact) mass is 307 g/mol. The third-order valence-electron chi connectivity index (χ3n) is 4.17. The fraction of sp³-hybridized carbons (Fsp3) is 0.850. The number of allylic oxidation sites excluding steroid dienone is 2. The Morgan fingerprint density at radius 2 is 1.50 bits per heavy atom. The largest absolute Gasteiger partial charge is 0.478 e. The number of aliphatic imine (C=N–C) groups is 1. The fourth-order valence-corrected chi connectivity index (χ4v) is 2.78. The molecule has 0 bridgehead atoms. The van der Waals surface area contributed by atoms with Gasteiger partial charge in [-0.3, -0.25) is 0 Å².